The summed E-state index contributed by atoms with van der Waals surface area (Å²) < 4.78 is 11.6. The number of nitrogens with one attached hydrogen (secondary N) is 2. The van der Waals surface area contributed by atoms with Crippen LogP contribution in [0.15, 0.2) is 54.6 Å². The van der Waals surface area contributed by atoms with E-state index in [2.05, 4.69) is 46.4 Å². The number of H-pyrrole nitrogens is 2. The molecule has 0 fully saturated rings. The third-order valence-corrected chi connectivity index (χ3v) is 7.04. The lowest BCUT2D eigenvalue weighted by atomic mass is 9.84. The number of aromatic amines is 2. The lowest BCUT2D eigenvalue weighted by Gasteiger charge is -2.21. The first-order valence-corrected chi connectivity index (χ1v) is 13.7. The van der Waals surface area contributed by atoms with Crippen LogP contribution in [0.5, 0.6) is 0 Å². The molecule has 2 aromatic heterocycles. The molecule has 2 aliphatic carbocycles. The summed E-state index contributed by atoms with van der Waals surface area (Å²) in [7, 11) is 0. The number of esters is 2. The summed E-state index contributed by atoms with van der Waals surface area (Å²) in [5, 5.41) is 0. The monoisotopic (exact) mass is 526 g/mol. The molecule has 3 aromatic rings. The lowest BCUT2D eigenvalue weighted by Crippen LogP contribution is -2.25. The van der Waals surface area contributed by atoms with E-state index in [-0.39, 0.29) is 17.9 Å². The van der Waals surface area contributed by atoms with Gasteiger partial charge in [-0.05, 0) is 95.0 Å². The largest absolute Gasteiger partial charge is 0.455 e. The van der Waals surface area contributed by atoms with Gasteiger partial charge in [0.2, 0.25) is 0 Å². The van der Waals surface area contributed by atoms with E-state index in [4.69, 9.17) is 9.47 Å². The van der Waals surface area contributed by atoms with E-state index >= 15 is 0 Å². The predicted octanol–water partition coefficient (Wildman–Crippen LogP) is 6.74. The minimum absolute atomic E-state index is 0.237. The fraction of sp³-hybridized carbons (Fsp3) is 0.394. The van der Waals surface area contributed by atoms with Crippen molar-refractivity contribution in [2.75, 3.05) is 0 Å². The van der Waals surface area contributed by atoms with Gasteiger partial charge in [-0.15, -0.1) is 0 Å². The Bertz CT molecular complexity index is 1360. The van der Waals surface area contributed by atoms with Gasteiger partial charge in [0.25, 0.3) is 0 Å². The Morgan fingerprint density at radius 1 is 0.641 bits per heavy atom. The minimum atomic E-state index is -0.605. The number of hydrogen-bond donors (Lipinski definition) is 2. The molecule has 2 N–H and O–H groups in total. The fourth-order valence-corrected chi connectivity index (χ4v) is 5.54. The van der Waals surface area contributed by atoms with Crippen molar-refractivity contribution in [3.05, 3.63) is 105 Å². The molecule has 0 atom stereocenters. The normalized spacial score (nSPS) is 14.7. The van der Waals surface area contributed by atoms with Crippen LogP contribution in [-0.4, -0.2) is 33.1 Å². The number of hydrogen-bond acceptors (Lipinski definition) is 4. The zero-order valence-electron chi connectivity index (χ0n) is 23.7. The van der Waals surface area contributed by atoms with Crippen LogP contribution in [0.25, 0.3) is 0 Å². The average Bonchev–Trinajstić information content (AvgIpc) is 3.43. The minimum Gasteiger partial charge on any atom is -0.455 e. The first-order valence-electron chi connectivity index (χ1n) is 13.7. The van der Waals surface area contributed by atoms with Gasteiger partial charge in [-0.25, -0.2) is 9.59 Å². The number of ether oxygens (including phenoxy) is 2. The second kappa shape index (κ2) is 10.1. The van der Waals surface area contributed by atoms with Crippen LogP contribution < -0.4 is 0 Å². The molecule has 0 saturated heterocycles. The zero-order chi connectivity index (χ0) is 27.9. The summed E-state index contributed by atoms with van der Waals surface area (Å²) in [4.78, 5) is 33.7. The Balaban J connectivity index is 1.70. The number of carbonyl (C=O) groups is 2. The van der Waals surface area contributed by atoms with Gasteiger partial charge in [-0.2, -0.15) is 0 Å². The number of rotatable bonds is 5. The summed E-state index contributed by atoms with van der Waals surface area (Å²) in [5.74, 6) is -0.935. The molecule has 0 saturated carbocycles. The average molecular weight is 527 g/mol. The SMILES string of the molecule is CC(C)(C)OC(=O)c1[nH]c(C(c2ccccc2)c2[nH]c(C(=O)OC(C)(C)C)c3c2CC=CC3)c2c1CC=CC2. The predicted molar refractivity (Wildman–Crippen MR) is 152 cm³/mol. The van der Waals surface area contributed by atoms with Crippen molar-refractivity contribution >= 4 is 11.9 Å². The van der Waals surface area contributed by atoms with E-state index < -0.39 is 11.2 Å². The van der Waals surface area contributed by atoms with Crippen LogP contribution in [0.4, 0.5) is 0 Å². The van der Waals surface area contributed by atoms with Crippen LogP contribution >= 0.6 is 0 Å². The van der Waals surface area contributed by atoms with Crippen molar-refractivity contribution in [2.45, 2.75) is 84.3 Å². The molecule has 0 aliphatic heterocycles. The molecule has 2 heterocycles. The highest BCUT2D eigenvalue weighted by Crippen LogP contribution is 2.41. The maximum absolute atomic E-state index is 13.3. The van der Waals surface area contributed by atoms with Gasteiger partial charge in [-0.1, -0.05) is 54.6 Å². The smallest absolute Gasteiger partial charge is 0.355 e. The molecule has 6 heteroatoms. The summed E-state index contributed by atoms with van der Waals surface area (Å²) in [6.45, 7) is 11.3. The van der Waals surface area contributed by atoms with E-state index in [0.29, 0.717) is 24.2 Å². The number of benzene rings is 1. The molecule has 204 valence electrons. The van der Waals surface area contributed by atoms with Gasteiger partial charge in [-0.3, -0.25) is 0 Å². The van der Waals surface area contributed by atoms with Crippen molar-refractivity contribution in [3.8, 4) is 0 Å². The molecule has 6 nitrogen and oxygen atoms in total. The van der Waals surface area contributed by atoms with E-state index in [1.165, 1.54) is 0 Å². The third kappa shape index (κ3) is 5.51. The summed E-state index contributed by atoms with van der Waals surface area (Å²) in [5.41, 5.74) is 6.97. The van der Waals surface area contributed by atoms with Gasteiger partial charge in [0.1, 0.15) is 22.6 Å². The maximum Gasteiger partial charge on any atom is 0.355 e. The maximum atomic E-state index is 13.3. The van der Waals surface area contributed by atoms with Crippen molar-refractivity contribution in [1.82, 2.24) is 9.97 Å². The van der Waals surface area contributed by atoms with Gasteiger partial charge < -0.3 is 19.4 Å². The number of fused-ring (bicyclic) bond motifs is 2. The Kier molecular flexibility index (Phi) is 6.91. The molecule has 1 aromatic carbocycles. The van der Waals surface area contributed by atoms with E-state index in [1.807, 2.05) is 59.7 Å². The van der Waals surface area contributed by atoms with Crippen LogP contribution in [-0.2, 0) is 35.2 Å². The topological polar surface area (TPSA) is 84.2 Å². The number of aromatic nitrogens is 2. The molecule has 0 spiro atoms. The van der Waals surface area contributed by atoms with Crippen molar-refractivity contribution in [1.29, 1.82) is 0 Å². The number of allylic oxidation sites excluding steroid dienone is 4. The molecule has 39 heavy (non-hydrogen) atoms. The Morgan fingerprint density at radius 2 is 1.03 bits per heavy atom. The molecule has 0 unspecified atom stereocenters. The van der Waals surface area contributed by atoms with Gasteiger partial charge in [0.05, 0.1) is 5.92 Å². The Hall–Kier alpha value is -3.80. The van der Waals surface area contributed by atoms with Gasteiger partial charge >= 0.3 is 11.9 Å². The molecule has 5 rings (SSSR count). The quantitative estimate of drug-likeness (QED) is 0.285. The second-order valence-corrected chi connectivity index (χ2v) is 12.3. The van der Waals surface area contributed by atoms with Crippen LogP contribution in [0.1, 0.15) is 108 Å². The molecule has 0 bridgehead atoms. The summed E-state index contributed by atoms with van der Waals surface area (Å²) in [6.07, 6.45) is 11.3. The fourth-order valence-electron chi connectivity index (χ4n) is 5.54. The van der Waals surface area contributed by atoms with E-state index in [9.17, 15) is 9.59 Å². The number of carbonyl (C=O) groups excluding carboxylic acids is 2. The van der Waals surface area contributed by atoms with Crippen molar-refractivity contribution < 1.29 is 19.1 Å². The molecule has 2 aliphatic rings. The molecular formula is C33H38N2O4. The standard InChI is InChI=1S/C33H38N2O4/c1-32(2,3)38-30(36)28-23-18-12-10-16-21(23)26(34-28)25(20-14-8-7-9-15-20)27-22-17-11-13-19-24(22)29(35-27)31(37)39-33(4,5)6/h7-15,25,34-35H,16-19H2,1-6H3. The first kappa shape index (κ1) is 26.8. The van der Waals surface area contributed by atoms with Crippen LogP contribution in [0.2, 0.25) is 0 Å². The van der Waals surface area contributed by atoms with Crippen LogP contribution in [0.3, 0.4) is 0 Å². The Labute approximate surface area is 230 Å². The van der Waals surface area contributed by atoms with Crippen LogP contribution in [0, 0.1) is 0 Å². The lowest BCUT2D eigenvalue weighted by molar-refractivity contribution is 0.00501. The highest BCUT2D eigenvalue weighted by atomic mass is 16.6. The molecular weight excluding hydrogens is 488 g/mol. The van der Waals surface area contributed by atoms with E-state index in [1.54, 1.807) is 0 Å². The van der Waals surface area contributed by atoms with Crippen molar-refractivity contribution in [3.63, 3.8) is 0 Å². The van der Waals surface area contributed by atoms with Crippen molar-refractivity contribution in [2.24, 2.45) is 0 Å². The first-order chi connectivity index (χ1) is 18.4. The highest BCUT2D eigenvalue weighted by molar-refractivity contribution is 5.92. The highest BCUT2D eigenvalue weighted by Gasteiger charge is 2.35. The van der Waals surface area contributed by atoms with E-state index in [0.717, 1.165) is 52.0 Å². The molecule has 0 amide bonds. The second-order valence-electron chi connectivity index (χ2n) is 12.3. The summed E-state index contributed by atoms with van der Waals surface area (Å²) >= 11 is 0. The van der Waals surface area contributed by atoms with Gasteiger partial charge in [0.15, 0.2) is 0 Å². The summed E-state index contributed by atoms with van der Waals surface area (Å²) in [6, 6.07) is 10.2. The Morgan fingerprint density at radius 3 is 1.41 bits per heavy atom. The molecule has 0 radical (unpaired) electrons. The zero-order valence-corrected chi connectivity index (χ0v) is 23.7. The third-order valence-electron chi connectivity index (χ3n) is 7.04. The van der Waals surface area contributed by atoms with Gasteiger partial charge in [0, 0.05) is 11.4 Å².